The number of quaternary nitrogens is 1. The van der Waals surface area contributed by atoms with Crippen LogP contribution in [0.5, 0.6) is 5.75 Å². The van der Waals surface area contributed by atoms with Gasteiger partial charge in [0.2, 0.25) is 0 Å². The molecule has 3 fully saturated rings. The summed E-state index contributed by atoms with van der Waals surface area (Å²) in [7, 11) is 1.66. The average molecular weight is 484 g/mol. The standard InChI is InChI=1S/C27H29Cl2N2O2/c1-3-18-16-31(15-17-4-6-23(28)24(29)12-17)11-9-19(18)13-26(31)27(32)21-8-10-30-25-7-5-20(33-2)14-22(21)25/h3-8,10,12,14,18-19,26-27,32H,1,9,11,13,15-16H2,2H3/q+1/t18-,19-,26+,27-,31?/m0/s1. The molecule has 1 unspecified atom stereocenters. The van der Waals surface area contributed by atoms with Crippen LogP contribution in [0.1, 0.15) is 30.1 Å². The number of aliphatic hydroxyl groups is 1. The van der Waals surface area contributed by atoms with Crippen LogP contribution < -0.4 is 4.74 Å². The van der Waals surface area contributed by atoms with Crippen LogP contribution in [0.2, 0.25) is 10.0 Å². The second-order valence-corrected chi connectivity index (χ2v) is 10.3. The lowest BCUT2D eigenvalue weighted by molar-refractivity contribution is -0.984. The van der Waals surface area contributed by atoms with E-state index in [1.807, 2.05) is 36.4 Å². The van der Waals surface area contributed by atoms with E-state index in [0.29, 0.717) is 21.9 Å². The van der Waals surface area contributed by atoms with Crippen molar-refractivity contribution in [3.05, 3.63) is 82.5 Å². The van der Waals surface area contributed by atoms with Crippen molar-refractivity contribution < 1.29 is 14.3 Å². The maximum atomic E-state index is 11.9. The molecule has 4 heterocycles. The number of piperidine rings is 3. The molecule has 1 N–H and O–H groups in total. The van der Waals surface area contributed by atoms with Gasteiger partial charge in [0, 0.05) is 35.9 Å². The van der Waals surface area contributed by atoms with E-state index in [1.165, 1.54) is 0 Å². The van der Waals surface area contributed by atoms with Gasteiger partial charge in [0.05, 0.1) is 35.8 Å². The Bertz CT molecular complexity index is 1200. The van der Waals surface area contributed by atoms with E-state index >= 15 is 0 Å². The Morgan fingerprint density at radius 3 is 2.82 bits per heavy atom. The number of ether oxygens (including phenoxy) is 1. The quantitative estimate of drug-likeness (QED) is 0.335. The average Bonchev–Trinajstić information content (AvgIpc) is 2.85. The van der Waals surface area contributed by atoms with Crippen molar-refractivity contribution in [2.75, 3.05) is 20.2 Å². The molecule has 1 aromatic heterocycles. The van der Waals surface area contributed by atoms with Gasteiger partial charge in [-0.1, -0.05) is 35.3 Å². The number of aromatic nitrogens is 1. The molecule has 4 nitrogen and oxygen atoms in total. The Hall–Kier alpha value is -2.11. The first-order valence-corrected chi connectivity index (χ1v) is 12.2. The Morgan fingerprint density at radius 1 is 1.21 bits per heavy atom. The molecule has 3 aliphatic rings. The van der Waals surface area contributed by atoms with E-state index in [2.05, 4.69) is 23.7 Å². The number of hydrogen-bond acceptors (Lipinski definition) is 3. The smallest absolute Gasteiger partial charge is 0.131 e. The molecule has 3 aliphatic heterocycles. The zero-order chi connectivity index (χ0) is 23.2. The van der Waals surface area contributed by atoms with Crippen molar-refractivity contribution >= 4 is 34.1 Å². The third-order valence-corrected chi connectivity index (χ3v) is 8.56. The topological polar surface area (TPSA) is 42.4 Å². The molecular formula is C27H29Cl2N2O2+. The summed E-state index contributed by atoms with van der Waals surface area (Å²) in [5.41, 5.74) is 2.92. The highest BCUT2D eigenvalue weighted by atomic mass is 35.5. The van der Waals surface area contributed by atoms with E-state index in [0.717, 1.165) is 64.7 Å². The van der Waals surface area contributed by atoms with E-state index in [1.54, 1.807) is 13.3 Å². The number of pyridine rings is 1. The Morgan fingerprint density at radius 2 is 2.06 bits per heavy atom. The fourth-order valence-corrected chi connectivity index (χ4v) is 6.44. The number of hydrogen-bond donors (Lipinski definition) is 1. The summed E-state index contributed by atoms with van der Waals surface area (Å²) in [4.78, 5) is 4.51. The third kappa shape index (κ3) is 4.04. The molecule has 0 radical (unpaired) electrons. The van der Waals surface area contributed by atoms with Crippen LogP contribution in [0.15, 0.2) is 61.3 Å². The first-order chi connectivity index (χ1) is 15.9. The molecule has 0 amide bonds. The van der Waals surface area contributed by atoms with Crippen molar-refractivity contribution in [1.82, 2.24) is 4.98 Å². The Kier molecular flexibility index (Phi) is 6.13. The van der Waals surface area contributed by atoms with Gasteiger partial charge in [0.1, 0.15) is 24.4 Å². The van der Waals surface area contributed by atoms with Crippen LogP contribution in [-0.2, 0) is 6.54 Å². The molecular weight excluding hydrogens is 455 g/mol. The van der Waals surface area contributed by atoms with Crippen LogP contribution in [0, 0.1) is 11.8 Å². The molecule has 3 saturated heterocycles. The SMILES string of the molecule is C=C[C@H]1C[N+]2(Cc3ccc(Cl)c(Cl)c3)CC[C@H]1C[C@@H]2[C@@H](O)c1ccnc2ccc(OC)cc12. The number of aliphatic hydroxyl groups excluding tert-OH is 1. The van der Waals surface area contributed by atoms with Crippen LogP contribution in [0.4, 0.5) is 0 Å². The van der Waals surface area contributed by atoms with Crippen LogP contribution in [0.25, 0.3) is 10.9 Å². The largest absolute Gasteiger partial charge is 0.497 e. The van der Waals surface area contributed by atoms with Gasteiger partial charge in [-0.15, -0.1) is 6.58 Å². The third-order valence-electron chi connectivity index (χ3n) is 7.82. The molecule has 3 aromatic rings. The number of rotatable bonds is 6. The number of methoxy groups -OCH3 is 1. The molecule has 6 rings (SSSR count). The number of fused-ring (bicyclic) bond motifs is 4. The Balaban J connectivity index is 1.56. The molecule has 2 aromatic carbocycles. The molecule has 0 saturated carbocycles. The predicted octanol–water partition coefficient (Wildman–Crippen LogP) is 6.20. The first-order valence-electron chi connectivity index (χ1n) is 11.5. The highest BCUT2D eigenvalue weighted by molar-refractivity contribution is 6.42. The lowest BCUT2D eigenvalue weighted by Gasteiger charge is -2.58. The van der Waals surface area contributed by atoms with Gasteiger partial charge in [0.15, 0.2) is 0 Å². The van der Waals surface area contributed by atoms with E-state index in [9.17, 15) is 5.11 Å². The van der Waals surface area contributed by atoms with Gasteiger partial charge >= 0.3 is 0 Å². The second-order valence-electron chi connectivity index (χ2n) is 9.51. The summed E-state index contributed by atoms with van der Waals surface area (Å²) in [5, 5.41) is 14.0. The zero-order valence-corrected chi connectivity index (χ0v) is 20.3. The van der Waals surface area contributed by atoms with Gasteiger partial charge < -0.3 is 14.3 Å². The minimum Gasteiger partial charge on any atom is -0.497 e. The highest BCUT2D eigenvalue weighted by Gasteiger charge is 2.54. The summed E-state index contributed by atoms with van der Waals surface area (Å²) in [5.74, 6) is 1.78. The van der Waals surface area contributed by atoms with Crippen LogP contribution in [-0.4, -0.2) is 40.8 Å². The normalized spacial score (nSPS) is 27.5. The molecule has 6 heteroatoms. The summed E-state index contributed by atoms with van der Waals surface area (Å²) < 4.78 is 6.27. The minimum atomic E-state index is -0.612. The first kappa shape index (κ1) is 22.7. The Labute approximate surface area is 205 Å². The van der Waals surface area contributed by atoms with E-state index < -0.39 is 6.10 Å². The fraction of sp³-hybridized carbons (Fsp3) is 0.370. The lowest BCUT2D eigenvalue weighted by Crippen LogP contribution is -2.67. The summed E-state index contributed by atoms with van der Waals surface area (Å²) in [6.07, 6.45) is 5.40. The van der Waals surface area contributed by atoms with Crippen molar-refractivity contribution in [3.63, 3.8) is 0 Å². The van der Waals surface area contributed by atoms with Crippen molar-refractivity contribution in [1.29, 1.82) is 0 Å². The molecule has 0 spiro atoms. The van der Waals surface area contributed by atoms with E-state index in [-0.39, 0.29) is 6.04 Å². The van der Waals surface area contributed by atoms with Crippen LogP contribution >= 0.6 is 23.2 Å². The van der Waals surface area contributed by atoms with Gasteiger partial charge in [0.25, 0.3) is 0 Å². The molecule has 0 aliphatic carbocycles. The van der Waals surface area contributed by atoms with Gasteiger partial charge in [-0.2, -0.15) is 0 Å². The number of halogens is 2. The van der Waals surface area contributed by atoms with Crippen molar-refractivity contribution in [2.24, 2.45) is 11.8 Å². The molecule has 5 atom stereocenters. The monoisotopic (exact) mass is 483 g/mol. The molecule has 33 heavy (non-hydrogen) atoms. The summed E-state index contributed by atoms with van der Waals surface area (Å²) in [6, 6.07) is 13.8. The fourth-order valence-electron chi connectivity index (χ4n) is 6.12. The van der Waals surface area contributed by atoms with Gasteiger partial charge in [-0.05, 0) is 47.9 Å². The lowest BCUT2D eigenvalue weighted by atomic mass is 9.71. The molecule has 172 valence electrons. The summed E-state index contributed by atoms with van der Waals surface area (Å²) >= 11 is 12.5. The molecule has 2 bridgehead atoms. The number of benzene rings is 2. The van der Waals surface area contributed by atoms with E-state index in [4.69, 9.17) is 27.9 Å². The zero-order valence-electron chi connectivity index (χ0n) is 18.8. The highest BCUT2D eigenvalue weighted by Crippen LogP contribution is 2.48. The van der Waals surface area contributed by atoms with Gasteiger partial charge in [-0.3, -0.25) is 4.98 Å². The second kappa shape index (κ2) is 8.92. The van der Waals surface area contributed by atoms with Crippen LogP contribution in [0.3, 0.4) is 0 Å². The van der Waals surface area contributed by atoms with Crippen molar-refractivity contribution in [3.8, 4) is 5.75 Å². The van der Waals surface area contributed by atoms with Crippen molar-refractivity contribution in [2.45, 2.75) is 31.5 Å². The number of nitrogens with zero attached hydrogens (tertiary/aromatic N) is 2. The maximum absolute atomic E-state index is 11.9. The summed E-state index contributed by atoms with van der Waals surface area (Å²) in [6.45, 7) is 6.94. The van der Waals surface area contributed by atoms with Gasteiger partial charge in [-0.25, -0.2) is 0 Å². The predicted molar refractivity (Wildman–Crippen MR) is 134 cm³/mol. The minimum absolute atomic E-state index is 0.0752. The maximum Gasteiger partial charge on any atom is 0.131 e.